The first kappa shape index (κ1) is 13.9. The van der Waals surface area contributed by atoms with Crippen LogP contribution in [0.4, 0.5) is 10.1 Å². The summed E-state index contributed by atoms with van der Waals surface area (Å²) in [5.41, 5.74) is 3.62. The van der Waals surface area contributed by atoms with Gasteiger partial charge in [0.1, 0.15) is 11.6 Å². The molecule has 1 N–H and O–H groups in total. The first-order chi connectivity index (χ1) is 11.2. The van der Waals surface area contributed by atoms with E-state index in [1.54, 1.807) is 11.0 Å². The van der Waals surface area contributed by atoms with Crippen molar-refractivity contribution in [2.45, 2.75) is 19.3 Å². The molecule has 0 fully saturated rings. The van der Waals surface area contributed by atoms with Crippen LogP contribution in [-0.2, 0) is 17.6 Å². The largest absolute Gasteiger partial charge is 0.342 e. The Morgan fingerprint density at radius 3 is 3.00 bits per heavy atom. The molecule has 23 heavy (non-hydrogen) atoms. The zero-order valence-corrected chi connectivity index (χ0v) is 12.6. The Morgan fingerprint density at radius 1 is 1.26 bits per heavy atom. The quantitative estimate of drug-likeness (QED) is 0.807. The van der Waals surface area contributed by atoms with E-state index in [1.165, 1.54) is 12.1 Å². The summed E-state index contributed by atoms with van der Waals surface area (Å²) >= 11 is 0. The molecule has 0 saturated carbocycles. The first-order valence-electron chi connectivity index (χ1n) is 7.73. The number of fused-ring (bicyclic) bond motifs is 2. The van der Waals surface area contributed by atoms with Gasteiger partial charge in [-0.2, -0.15) is 0 Å². The summed E-state index contributed by atoms with van der Waals surface area (Å²) in [7, 11) is 0. The van der Waals surface area contributed by atoms with Gasteiger partial charge in [0.15, 0.2) is 0 Å². The van der Waals surface area contributed by atoms with Crippen LogP contribution in [0.2, 0.25) is 0 Å². The highest BCUT2D eigenvalue weighted by molar-refractivity contribution is 5.95. The molecule has 4 nitrogen and oxygen atoms in total. The molecule has 4 rings (SSSR count). The molecule has 0 unspecified atom stereocenters. The number of hydrogen-bond acceptors (Lipinski definition) is 2. The number of H-pyrrole nitrogens is 1. The van der Waals surface area contributed by atoms with Crippen molar-refractivity contribution < 1.29 is 9.18 Å². The molecule has 2 aromatic carbocycles. The molecule has 0 aliphatic carbocycles. The van der Waals surface area contributed by atoms with Gasteiger partial charge < -0.3 is 9.88 Å². The average molecular weight is 309 g/mol. The number of aromatic amines is 1. The lowest BCUT2D eigenvalue weighted by Crippen LogP contribution is -2.29. The molecule has 0 atom stereocenters. The van der Waals surface area contributed by atoms with Crippen LogP contribution in [0.5, 0.6) is 0 Å². The van der Waals surface area contributed by atoms with Crippen molar-refractivity contribution in [1.82, 2.24) is 9.97 Å². The molecule has 1 amide bonds. The number of imidazole rings is 1. The summed E-state index contributed by atoms with van der Waals surface area (Å²) in [5, 5.41) is 0. The third-order valence-electron chi connectivity index (χ3n) is 4.26. The van der Waals surface area contributed by atoms with Gasteiger partial charge in [0.25, 0.3) is 0 Å². The molecule has 116 valence electrons. The number of amides is 1. The molecular weight excluding hydrogens is 293 g/mol. The van der Waals surface area contributed by atoms with E-state index in [2.05, 4.69) is 9.97 Å². The Bertz CT molecular complexity index is 854. The maximum Gasteiger partial charge on any atom is 0.227 e. The van der Waals surface area contributed by atoms with Crippen LogP contribution in [0.1, 0.15) is 17.8 Å². The minimum atomic E-state index is -0.305. The molecule has 1 aliphatic rings. The minimum Gasteiger partial charge on any atom is -0.342 e. The van der Waals surface area contributed by atoms with E-state index >= 15 is 0 Å². The standard InChI is InChI=1S/C18H16FN3O/c19-13-6-5-12-9-10-22(16(12)11-13)18(23)8-7-17-20-14-3-1-2-4-15(14)21-17/h1-6,11H,7-10H2,(H,20,21). The SMILES string of the molecule is O=C(CCc1nc2ccccc2[nH]1)N1CCc2ccc(F)cc21. The highest BCUT2D eigenvalue weighted by Gasteiger charge is 2.24. The number of carbonyl (C=O) groups is 1. The molecule has 0 radical (unpaired) electrons. The third-order valence-corrected chi connectivity index (χ3v) is 4.26. The Morgan fingerprint density at radius 2 is 2.13 bits per heavy atom. The van der Waals surface area contributed by atoms with Crippen LogP contribution >= 0.6 is 0 Å². The lowest BCUT2D eigenvalue weighted by atomic mass is 10.1. The van der Waals surface area contributed by atoms with Crippen LogP contribution in [0.25, 0.3) is 11.0 Å². The molecule has 1 aliphatic heterocycles. The Hall–Kier alpha value is -2.69. The van der Waals surface area contributed by atoms with Crippen LogP contribution in [0.3, 0.4) is 0 Å². The zero-order chi connectivity index (χ0) is 15.8. The van der Waals surface area contributed by atoms with Gasteiger partial charge in [-0.25, -0.2) is 9.37 Å². The van der Waals surface area contributed by atoms with Crippen molar-refractivity contribution >= 4 is 22.6 Å². The highest BCUT2D eigenvalue weighted by Crippen LogP contribution is 2.29. The number of nitrogens with zero attached hydrogens (tertiary/aromatic N) is 2. The van der Waals surface area contributed by atoms with Gasteiger partial charge in [-0.15, -0.1) is 0 Å². The van der Waals surface area contributed by atoms with Crippen LogP contribution < -0.4 is 4.90 Å². The van der Waals surface area contributed by atoms with Gasteiger partial charge in [-0.1, -0.05) is 18.2 Å². The summed E-state index contributed by atoms with van der Waals surface area (Å²) in [5.74, 6) is 0.508. The van der Waals surface area contributed by atoms with E-state index in [0.717, 1.165) is 28.8 Å². The maximum atomic E-state index is 13.4. The van der Waals surface area contributed by atoms with Crippen molar-refractivity contribution in [2.24, 2.45) is 0 Å². The predicted molar refractivity (Wildman–Crippen MR) is 86.9 cm³/mol. The molecule has 3 aromatic rings. The highest BCUT2D eigenvalue weighted by atomic mass is 19.1. The number of hydrogen-bond donors (Lipinski definition) is 1. The molecule has 1 aromatic heterocycles. The summed E-state index contributed by atoms with van der Waals surface area (Å²) < 4.78 is 13.4. The van der Waals surface area contributed by atoms with Crippen LogP contribution in [0.15, 0.2) is 42.5 Å². The maximum absolute atomic E-state index is 13.4. The molecule has 0 bridgehead atoms. The van der Waals surface area contributed by atoms with Gasteiger partial charge >= 0.3 is 0 Å². The van der Waals surface area contributed by atoms with E-state index < -0.39 is 0 Å². The van der Waals surface area contributed by atoms with Crippen molar-refractivity contribution in [3.05, 3.63) is 59.7 Å². The van der Waals surface area contributed by atoms with Crippen molar-refractivity contribution in [2.75, 3.05) is 11.4 Å². The van der Waals surface area contributed by atoms with Gasteiger partial charge in [0.05, 0.1) is 11.0 Å². The molecule has 2 heterocycles. The van der Waals surface area contributed by atoms with Crippen LogP contribution in [0, 0.1) is 5.82 Å². The number of halogens is 1. The smallest absolute Gasteiger partial charge is 0.227 e. The zero-order valence-electron chi connectivity index (χ0n) is 12.6. The molecule has 0 spiro atoms. The summed E-state index contributed by atoms with van der Waals surface area (Å²) in [6, 6.07) is 12.4. The summed E-state index contributed by atoms with van der Waals surface area (Å²) in [6.07, 6.45) is 1.69. The number of benzene rings is 2. The Balaban J connectivity index is 1.48. The normalized spacial score (nSPS) is 13.5. The first-order valence-corrected chi connectivity index (χ1v) is 7.73. The fourth-order valence-electron chi connectivity index (χ4n) is 3.10. The van der Waals surface area contributed by atoms with E-state index in [4.69, 9.17) is 0 Å². The fourth-order valence-corrected chi connectivity index (χ4v) is 3.10. The molecular formula is C18H16FN3O. The number of aryl methyl sites for hydroxylation is 1. The molecule has 0 saturated heterocycles. The number of carbonyl (C=O) groups excluding carboxylic acids is 1. The topological polar surface area (TPSA) is 49.0 Å². The third kappa shape index (κ3) is 2.59. The van der Waals surface area contributed by atoms with Crippen molar-refractivity contribution in [3.63, 3.8) is 0 Å². The van der Waals surface area contributed by atoms with Crippen molar-refractivity contribution in [1.29, 1.82) is 0 Å². The number of aromatic nitrogens is 2. The number of para-hydroxylation sites is 2. The number of rotatable bonds is 3. The van der Waals surface area contributed by atoms with E-state index in [9.17, 15) is 9.18 Å². The second kappa shape index (κ2) is 5.50. The van der Waals surface area contributed by atoms with Gasteiger partial charge in [-0.3, -0.25) is 4.79 Å². The van der Waals surface area contributed by atoms with Gasteiger partial charge in [-0.05, 0) is 36.2 Å². The van der Waals surface area contributed by atoms with Gasteiger partial charge in [0.2, 0.25) is 5.91 Å². The van der Waals surface area contributed by atoms with E-state index in [0.29, 0.717) is 25.1 Å². The van der Waals surface area contributed by atoms with E-state index in [1.807, 2.05) is 24.3 Å². The average Bonchev–Trinajstić information content (AvgIpc) is 3.15. The van der Waals surface area contributed by atoms with Crippen LogP contribution in [-0.4, -0.2) is 22.4 Å². The number of nitrogens with one attached hydrogen (secondary N) is 1. The fraction of sp³-hybridized carbons (Fsp3) is 0.222. The predicted octanol–water partition coefficient (Wildman–Crippen LogP) is 3.22. The second-order valence-electron chi connectivity index (χ2n) is 5.77. The lowest BCUT2D eigenvalue weighted by molar-refractivity contribution is -0.118. The summed E-state index contributed by atoms with van der Waals surface area (Å²) in [4.78, 5) is 21.9. The van der Waals surface area contributed by atoms with Crippen molar-refractivity contribution in [3.8, 4) is 0 Å². The van der Waals surface area contributed by atoms with Gasteiger partial charge in [0, 0.05) is 25.1 Å². The van der Waals surface area contributed by atoms with E-state index in [-0.39, 0.29) is 11.7 Å². The lowest BCUT2D eigenvalue weighted by Gasteiger charge is -2.17. The number of anilines is 1. The minimum absolute atomic E-state index is 0.00908. The molecule has 5 heteroatoms. The Kier molecular flexibility index (Phi) is 3.33. The summed E-state index contributed by atoms with van der Waals surface area (Å²) in [6.45, 7) is 0.623. The Labute approximate surface area is 133 Å². The second-order valence-corrected chi connectivity index (χ2v) is 5.77. The monoisotopic (exact) mass is 309 g/mol.